The van der Waals surface area contributed by atoms with Crippen molar-refractivity contribution < 1.29 is 0 Å². The molecule has 3 heterocycles. The van der Waals surface area contributed by atoms with E-state index in [4.69, 9.17) is 4.98 Å². The molecular weight excluding hydrogens is 330 g/mol. The SMILES string of the molecule is Cc1nc(/C=C/c2ccnc3ccccc23)cc2c3ccccc3n(C)c12. The second kappa shape index (κ2) is 6.06. The number of hydrogen-bond acceptors (Lipinski definition) is 2. The average molecular weight is 349 g/mol. The number of aromatic nitrogens is 3. The number of pyridine rings is 2. The van der Waals surface area contributed by atoms with Crippen molar-refractivity contribution in [1.29, 1.82) is 0 Å². The van der Waals surface area contributed by atoms with Crippen molar-refractivity contribution in [3.05, 3.63) is 83.8 Å². The zero-order valence-electron chi connectivity index (χ0n) is 15.3. The van der Waals surface area contributed by atoms with Crippen molar-refractivity contribution >= 4 is 44.9 Å². The zero-order valence-corrected chi connectivity index (χ0v) is 15.3. The topological polar surface area (TPSA) is 30.7 Å². The summed E-state index contributed by atoms with van der Waals surface area (Å²) in [5.74, 6) is 0. The van der Waals surface area contributed by atoms with Crippen LogP contribution in [0.5, 0.6) is 0 Å². The lowest BCUT2D eigenvalue weighted by atomic mass is 10.1. The van der Waals surface area contributed by atoms with Gasteiger partial charge in [-0.25, -0.2) is 0 Å². The molecule has 0 unspecified atom stereocenters. The van der Waals surface area contributed by atoms with Gasteiger partial charge in [0.15, 0.2) is 0 Å². The number of hydrogen-bond donors (Lipinski definition) is 0. The first kappa shape index (κ1) is 15.8. The molecule has 0 atom stereocenters. The van der Waals surface area contributed by atoms with Gasteiger partial charge in [0, 0.05) is 34.9 Å². The molecule has 0 aliphatic carbocycles. The van der Waals surface area contributed by atoms with Gasteiger partial charge in [0.1, 0.15) is 0 Å². The summed E-state index contributed by atoms with van der Waals surface area (Å²) in [6.07, 6.45) is 6.08. The highest BCUT2D eigenvalue weighted by Crippen LogP contribution is 2.30. The predicted molar refractivity (Wildman–Crippen MR) is 114 cm³/mol. The van der Waals surface area contributed by atoms with Crippen LogP contribution in [0.4, 0.5) is 0 Å². The highest BCUT2D eigenvalue weighted by atomic mass is 15.0. The smallest absolute Gasteiger partial charge is 0.0707 e. The molecule has 5 rings (SSSR count). The van der Waals surface area contributed by atoms with Crippen molar-refractivity contribution in [2.75, 3.05) is 0 Å². The van der Waals surface area contributed by atoms with Crippen LogP contribution in [0.1, 0.15) is 17.0 Å². The van der Waals surface area contributed by atoms with Gasteiger partial charge in [-0.2, -0.15) is 0 Å². The maximum Gasteiger partial charge on any atom is 0.0707 e. The van der Waals surface area contributed by atoms with Crippen molar-refractivity contribution in [2.45, 2.75) is 6.92 Å². The monoisotopic (exact) mass is 349 g/mol. The molecule has 3 aromatic heterocycles. The molecule has 0 saturated carbocycles. The maximum absolute atomic E-state index is 4.83. The van der Waals surface area contributed by atoms with Gasteiger partial charge in [-0.05, 0) is 42.8 Å². The van der Waals surface area contributed by atoms with Crippen LogP contribution in [0, 0.1) is 6.92 Å². The molecule has 0 N–H and O–H groups in total. The van der Waals surface area contributed by atoms with E-state index in [1.54, 1.807) is 0 Å². The number of fused-ring (bicyclic) bond motifs is 4. The van der Waals surface area contributed by atoms with Crippen molar-refractivity contribution in [1.82, 2.24) is 14.5 Å². The Labute approximate surface area is 157 Å². The molecule has 0 aliphatic rings. The second-order valence-electron chi connectivity index (χ2n) is 6.86. The fraction of sp³-hybridized carbons (Fsp3) is 0.0833. The van der Waals surface area contributed by atoms with Crippen LogP contribution >= 0.6 is 0 Å². The third-order valence-corrected chi connectivity index (χ3v) is 5.19. The minimum Gasteiger partial charge on any atom is -0.342 e. The summed E-state index contributed by atoms with van der Waals surface area (Å²) in [6.45, 7) is 2.08. The predicted octanol–water partition coefficient (Wildman–Crippen LogP) is 5.75. The number of nitrogens with zero attached hydrogens (tertiary/aromatic N) is 3. The summed E-state index contributed by atoms with van der Waals surface area (Å²) in [5, 5.41) is 3.67. The molecule has 0 aliphatic heterocycles. The first-order chi connectivity index (χ1) is 13.2. The lowest BCUT2D eigenvalue weighted by Crippen LogP contribution is -1.93. The van der Waals surface area contributed by atoms with E-state index in [0.717, 1.165) is 27.9 Å². The quantitative estimate of drug-likeness (QED) is 0.406. The Morgan fingerprint density at radius 1 is 0.852 bits per heavy atom. The average Bonchev–Trinajstić information content (AvgIpc) is 2.99. The number of benzene rings is 2. The molecule has 0 amide bonds. The molecule has 0 bridgehead atoms. The van der Waals surface area contributed by atoms with Crippen molar-refractivity contribution in [3.8, 4) is 0 Å². The molecule has 27 heavy (non-hydrogen) atoms. The Morgan fingerprint density at radius 3 is 2.52 bits per heavy atom. The molecule has 0 spiro atoms. The van der Waals surface area contributed by atoms with Crippen LogP contribution in [0.2, 0.25) is 0 Å². The van der Waals surface area contributed by atoms with Gasteiger partial charge in [0.25, 0.3) is 0 Å². The van der Waals surface area contributed by atoms with Gasteiger partial charge in [-0.15, -0.1) is 0 Å². The highest BCUT2D eigenvalue weighted by Gasteiger charge is 2.11. The van der Waals surface area contributed by atoms with Crippen molar-refractivity contribution in [2.24, 2.45) is 7.05 Å². The van der Waals surface area contributed by atoms with Crippen LogP contribution in [0.25, 0.3) is 44.9 Å². The molecule has 0 fully saturated rings. The van der Waals surface area contributed by atoms with Gasteiger partial charge in [0.2, 0.25) is 0 Å². The molecule has 3 heteroatoms. The summed E-state index contributed by atoms with van der Waals surface area (Å²) in [6, 6.07) is 21.0. The van der Waals surface area contributed by atoms with Crippen LogP contribution < -0.4 is 0 Å². The largest absolute Gasteiger partial charge is 0.342 e. The van der Waals surface area contributed by atoms with E-state index < -0.39 is 0 Å². The van der Waals surface area contributed by atoms with Gasteiger partial charge in [-0.1, -0.05) is 42.5 Å². The minimum atomic E-state index is 0.970. The van der Waals surface area contributed by atoms with Crippen LogP contribution in [-0.4, -0.2) is 14.5 Å². The van der Waals surface area contributed by atoms with Gasteiger partial charge < -0.3 is 4.57 Å². The molecule has 3 nitrogen and oxygen atoms in total. The van der Waals surface area contributed by atoms with Gasteiger partial charge in [-0.3, -0.25) is 9.97 Å². The minimum absolute atomic E-state index is 0.970. The molecule has 0 radical (unpaired) electrons. The summed E-state index contributed by atoms with van der Waals surface area (Å²) in [4.78, 5) is 9.27. The van der Waals surface area contributed by atoms with E-state index in [9.17, 15) is 0 Å². The van der Waals surface area contributed by atoms with E-state index in [2.05, 4.69) is 72.1 Å². The Bertz CT molecular complexity index is 1340. The molecular formula is C24H19N3. The fourth-order valence-electron chi connectivity index (χ4n) is 3.96. The Hall–Kier alpha value is -3.46. The summed E-state index contributed by atoms with van der Waals surface area (Å²) < 4.78 is 2.23. The number of aryl methyl sites for hydroxylation is 2. The normalized spacial score (nSPS) is 11.9. The van der Waals surface area contributed by atoms with Crippen LogP contribution in [-0.2, 0) is 7.05 Å². The van der Waals surface area contributed by atoms with E-state index in [1.807, 2.05) is 30.5 Å². The third-order valence-electron chi connectivity index (χ3n) is 5.19. The van der Waals surface area contributed by atoms with Crippen LogP contribution in [0.15, 0.2) is 66.9 Å². The van der Waals surface area contributed by atoms with Crippen molar-refractivity contribution in [3.63, 3.8) is 0 Å². The van der Waals surface area contributed by atoms with E-state index in [-0.39, 0.29) is 0 Å². The number of rotatable bonds is 2. The first-order valence-corrected chi connectivity index (χ1v) is 9.09. The number of para-hydroxylation sites is 2. The van der Waals surface area contributed by atoms with E-state index in [1.165, 1.54) is 21.8 Å². The highest BCUT2D eigenvalue weighted by molar-refractivity contribution is 6.09. The molecule has 0 saturated heterocycles. The Kier molecular flexibility index (Phi) is 3.54. The fourth-order valence-corrected chi connectivity index (χ4v) is 3.96. The molecule has 130 valence electrons. The standard InChI is InChI=1S/C24H19N3/c1-16-24-21(20-8-4-6-10-23(20)27(24)2)15-18(26-16)12-11-17-13-14-25-22-9-5-3-7-19(17)22/h3-15H,1-2H3/b12-11+. The zero-order chi connectivity index (χ0) is 18.4. The van der Waals surface area contributed by atoms with Crippen LogP contribution in [0.3, 0.4) is 0 Å². The lowest BCUT2D eigenvalue weighted by molar-refractivity contribution is 0.996. The van der Waals surface area contributed by atoms with Gasteiger partial charge in [0.05, 0.1) is 22.4 Å². The summed E-state index contributed by atoms with van der Waals surface area (Å²) in [5.41, 5.74) is 6.61. The van der Waals surface area contributed by atoms with E-state index in [0.29, 0.717) is 0 Å². The molecule has 2 aromatic carbocycles. The first-order valence-electron chi connectivity index (χ1n) is 9.09. The Balaban J connectivity index is 1.67. The lowest BCUT2D eigenvalue weighted by Gasteiger charge is -2.04. The second-order valence-corrected chi connectivity index (χ2v) is 6.86. The molecule has 5 aromatic rings. The summed E-state index contributed by atoms with van der Waals surface area (Å²) in [7, 11) is 2.11. The van der Waals surface area contributed by atoms with E-state index >= 15 is 0 Å². The maximum atomic E-state index is 4.83. The Morgan fingerprint density at radius 2 is 1.63 bits per heavy atom. The third kappa shape index (κ3) is 2.51. The summed E-state index contributed by atoms with van der Waals surface area (Å²) >= 11 is 0. The van der Waals surface area contributed by atoms with Gasteiger partial charge >= 0.3 is 0 Å².